The summed E-state index contributed by atoms with van der Waals surface area (Å²) >= 11 is 0. The monoisotopic (exact) mass is 744 g/mol. The van der Waals surface area contributed by atoms with E-state index in [1.54, 1.807) is 0 Å². The molecule has 0 N–H and O–H groups in total. The molecule has 53 heavy (non-hydrogen) atoms. The Balaban J connectivity index is 4.30. The van der Waals surface area contributed by atoms with E-state index in [1.807, 2.05) is 6.08 Å². The lowest BCUT2D eigenvalue weighted by atomic mass is 9.98. The Morgan fingerprint density at radius 1 is 0.623 bits per heavy atom. The van der Waals surface area contributed by atoms with Crippen molar-refractivity contribution in [1.82, 2.24) is 4.90 Å². The minimum atomic E-state index is -0.0750. The molecule has 6 nitrogen and oxygen atoms in total. The van der Waals surface area contributed by atoms with Gasteiger partial charge in [0.25, 0.3) is 0 Å². The lowest BCUT2D eigenvalue weighted by Gasteiger charge is -2.21. The Hall–Kier alpha value is -2.06. The van der Waals surface area contributed by atoms with Gasteiger partial charge in [0.15, 0.2) is 0 Å². The molecule has 0 bridgehead atoms. The molecule has 0 fully saturated rings. The maximum atomic E-state index is 12.3. The maximum Gasteiger partial charge on any atom is 0.305 e. The number of carbonyl (C=O) groups is 2. The highest BCUT2D eigenvalue weighted by Crippen LogP contribution is 2.19. The molecule has 0 aromatic carbocycles. The normalized spacial score (nSPS) is 12.9. The van der Waals surface area contributed by atoms with Crippen LogP contribution in [-0.4, -0.2) is 62.4 Å². The number of carbonyl (C=O) groups excluding carboxylic acids is 2. The van der Waals surface area contributed by atoms with Crippen LogP contribution < -0.4 is 0 Å². The summed E-state index contributed by atoms with van der Waals surface area (Å²) in [4.78, 5) is 26.9. The van der Waals surface area contributed by atoms with Crippen LogP contribution in [0.5, 0.6) is 0 Å². The number of rotatable bonds is 38. The number of allylic oxidation sites excluding steroid dienone is 1. The van der Waals surface area contributed by atoms with Crippen LogP contribution in [0.3, 0.4) is 0 Å². The van der Waals surface area contributed by atoms with Gasteiger partial charge >= 0.3 is 11.9 Å². The molecule has 0 aliphatic carbocycles. The molecule has 0 amide bonds. The lowest BCUT2D eigenvalue weighted by Crippen LogP contribution is -2.27. The van der Waals surface area contributed by atoms with Crippen molar-refractivity contribution in [2.75, 3.05) is 33.4 Å². The summed E-state index contributed by atoms with van der Waals surface area (Å²) in [6, 6.07) is 0.581. The second-order valence-electron chi connectivity index (χ2n) is 15.9. The fourth-order valence-electron chi connectivity index (χ4n) is 6.53. The number of hydrogen-bond donors (Lipinski definition) is 0. The van der Waals surface area contributed by atoms with E-state index in [-0.39, 0.29) is 11.9 Å². The third-order valence-electron chi connectivity index (χ3n) is 10.5. The number of unbranched alkanes of at least 4 members (excludes halogenated alkanes) is 13. The van der Waals surface area contributed by atoms with Gasteiger partial charge in [-0.05, 0) is 115 Å². The van der Waals surface area contributed by atoms with E-state index in [9.17, 15) is 9.59 Å². The van der Waals surface area contributed by atoms with Crippen molar-refractivity contribution < 1.29 is 23.8 Å². The summed E-state index contributed by atoms with van der Waals surface area (Å²) in [7, 11) is 2.20. The minimum absolute atomic E-state index is 0.0277. The number of esters is 2. The number of ether oxygens (including phenoxy) is 3. The first kappa shape index (κ1) is 50.9. The highest BCUT2D eigenvalue weighted by atomic mass is 16.5. The third kappa shape index (κ3) is 35.4. The number of hydrogen-bond acceptors (Lipinski definition) is 6. The molecule has 0 saturated carbocycles. The van der Waals surface area contributed by atoms with Crippen LogP contribution in [0.1, 0.15) is 202 Å². The smallest absolute Gasteiger partial charge is 0.305 e. The summed E-state index contributed by atoms with van der Waals surface area (Å²) in [6.07, 6.45) is 30.5. The second-order valence-corrected chi connectivity index (χ2v) is 15.9. The average molecular weight is 744 g/mol. The van der Waals surface area contributed by atoms with Crippen molar-refractivity contribution in [1.29, 1.82) is 0 Å². The molecule has 0 aliphatic rings. The third-order valence-corrected chi connectivity index (χ3v) is 10.5. The Labute approximate surface area is 328 Å². The van der Waals surface area contributed by atoms with Gasteiger partial charge in [-0.15, -0.1) is 0 Å². The van der Waals surface area contributed by atoms with Crippen LogP contribution in [-0.2, 0) is 23.8 Å². The molecule has 0 spiro atoms. The van der Waals surface area contributed by atoms with E-state index in [0.717, 1.165) is 83.8 Å². The Bertz CT molecular complexity index is 975. The summed E-state index contributed by atoms with van der Waals surface area (Å²) in [6.45, 7) is 17.7. The van der Waals surface area contributed by atoms with Crippen LogP contribution in [0.15, 0.2) is 29.8 Å². The summed E-state index contributed by atoms with van der Waals surface area (Å²) in [5.41, 5.74) is 8.40. The quantitative estimate of drug-likeness (QED) is 0.0356. The van der Waals surface area contributed by atoms with E-state index in [0.29, 0.717) is 50.0 Å². The molecule has 0 saturated heterocycles. The zero-order valence-electron chi connectivity index (χ0n) is 35.8. The molecule has 3 unspecified atom stereocenters. The van der Waals surface area contributed by atoms with E-state index >= 15 is 0 Å². The highest BCUT2D eigenvalue weighted by Gasteiger charge is 2.12. The van der Waals surface area contributed by atoms with Crippen molar-refractivity contribution >= 4 is 11.9 Å². The van der Waals surface area contributed by atoms with Gasteiger partial charge in [-0.1, -0.05) is 129 Å². The fraction of sp³-hybridized carbons (Fsp3) is 0.851. The predicted molar refractivity (Wildman–Crippen MR) is 224 cm³/mol. The molecule has 0 rings (SSSR count). The predicted octanol–water partition coefficient (Wildman–Crippen LogP) is 12.9. The van der Waals surface area contributed by atoms with Crippen molar-refractivity contribution in [3.8, 4) is 0 Å². The van der Waals surface area contributed by atoms with E-state index in [2.05, 4.69) is 70.3 Å². The van der Waals surface area contributed by atoms with Crippen molar-refractivity contribution in [3.63, 3.8) is 0 Å². The SMILES string of the molecule is C=C=C=C=CC(CCCCC)CCOC(=O)CCCCCCCC(CCCCCCCC(=O)OCCC(C)CCCCC)OCCCCN(C)C(C)C. The Morgan fingerprint density at radius 3 is 1.72 bits per heavy atom. The lowest BCUT2D eigenvalue weighted by molar-refractivity contribution is -0.145. The van der Waals surface area contributed by atoms with Crippen molar-refractivity contribution in [2.24, 2.45) is 11.8 Å². The van der Waals surface area contributed by atoms with Crippen LogP contribution >= 0.6 is 0 Å². The number of nitrogens with zero attached hydrogens (tertiary/aromatic N) is 1. The molecular weight excluding hydrogens is 659 g/mol. The first-order chi connectivity index (χ1) is 25.7. The zero-order valence-corrected chi connectivity index (χ0v) is 35.8. The van der Waals surface area contributed by atoms with Gasteiger partial charge in [-0.25, -0.2) is 0 Å². The van der Waals surface area contributed by atoms with Gasteiger partial charge in [0.2, 0.25) is 0 Å². The summed E-state index contributed by atoms with van der Waals surface area (Å²) in [5, 5.41) is 0. The van der Waals surface area contributed by atoms with Gasteiger partial charge in [0, 0.05) is 25.5 Å². The van der Waals surface area contributed by atoms with Gasteiger partial charge in [-0.3, -0.25) is 9.59 Å². The van der Waals surface area contributed by atoms with Crippen LogP contribution in [0.4, 0.5) is 0 Å². The molecule has 308 valence electrons. The fourth-order valence-corrected chi connectivity index (χ4v) is 6.53. The van der Waals surface area contributed by atoms with Crippen molar-refractivity contribution in [3.05, 3.63) is 29.8 Å². The summed E-state index contributed by atoms with van der Waals surface area (Å²) < 4.78 is 17.5. The largest absolute Gasteiger partial charge is 0.466 e. The molecule has 0 aromatic rings. The van der Waals surface area contributed by atoms with E-state index < -0.39 is 0 Å². The highest BCUT2D eigenvalue weighted by molar-refractivity contribution is 5.69. The Morgan fingerprint density at radius 2 is 1.15 bits per heavy atom. The van der Waals surface area contributed by atoms with Gasteiger partial charge in [-0.2, -0.15) is 0 Å². The average Bonchev–Trinajstić information content (AvgIpc) is 3.13. The van der Waals surface area contributed by atoms with Crippen molar-refractivity contribution in [2.45, 2.75) is 214 Å². The second kappa shape index (κ2) is 38.2. The van der Waals surface area contributed by atoms with Crippen LogP contribution in [0.25, 0.3) is 0 Å². The van der Waals surface area contributed by atoms with E-state index in [1.165, 1.54) is 83.5 Å². The standard InChI is InChI=1S/C47H85NO5/c1-8-11-20-29-43(6)36-40-52-46(49)34-25-18-14-16-23-32-45(51-39-28-27-38-48(7)42(4)5)33-24-17-15-19-26-35-47(50)53-41-37-44(30-21-12-9-2)31-22-13-10-3/h30,42-45H,2,8,10-11,13-20,22-29,31-41H2,1,3-7H3. The molecule has 0 aromatic heterocycles. The van der Waals surface area contributed by atoms with Crippen LogP contribution in [0.2, 0.25) is 0 Å². The van der Waals surface area contributed by atoms with Gasteiger partial charge < -0.3 is 19.1 Å². The van der Waals surface area contributed by atoms with Gasteiger partial charge in [0.05, 0.1) is 19.3 Å². The summed E-state index contributed by atoms with van der Waals surface area (Å²) in [5.74, 6) is 0.882. The molecule has 0 radical (unpaired) electrons. The Kier molecular flexibility index (Phi) is 36.7. The zero-order chi connectivity index (χ0) is 39.2. The van der Waals surface area contributed by atoms with Crippen LogP contribution in [0, 0.1) is 11.8 Å². The minimum Gasteiger partial charge on any atom is -0.466 e. The molecule has 3 atom stereocenters. The first-order valence-corrected chi connectivity index (χ1v) is 22.2. The van der Waals surface area contributed by atoms with E-state index in [4.69, 9.17) is 14.2 Å². The topological polar surface area (TPSA) is 65.1 Å². The molecule has 0 heterocycles. The maximum absolute atomic E-state index is 12.3. The molecule has 0 aliphatic heterocycles. The van der Waals surface area contributed by atoms with Gasteiger partial charge in [0.1, 0.15) is 0 Å². The first-order valence-electron chi connectivity index (χ1n) is 22.2. The molecule has 6 heteroatoms. The molecular formula is C47H85NO5.